The van der Waals surface area contributed by atoms with Crippen LogP contribution in [0.2, 0.25) is 0 Å². The van der Waals surface area contributed by atoms with Gasteiger partial charge in [0.15, 0.2) is 0 Å². The highest BCUT2D eigenvalue weighted by atomic mass is 16.1. The quantitative estimate of drug-likeness (QED) is 0.855. The summed E-state index contributed by atoms with van der Waals surface area (Å²) in [6.45, 7) is 3.04. The first-order valence-corrected chi connectivity index (χ1v) is 6.39. The van der Waals surface area contributed by atoms with Crippen molar-refractivity contribution in [3.8, 4) is 0 Å². The maximum atomic E-state index is 12.0. The highest BCUT2D eigenvalue weighted by molar-refractivity contribution is 5.92. The smallest absolute Gasteiger partial charge is 0.267 e. The molecular weight excluding hydrogens is 238 g/mol. The van der Waals surface area contributed by atoms with Crippen molar-refractivity contribution in [2.75, 3.05) is 6.54 Å². The normalized spacial score (nSPS) is 12.1. The number of carbonyl (C=O) groups is 1. The molecule has 0 aliphatic heterocycles. The number of nitrogens with zero attached hydrogens (tertiary/aromatic N) is 1. The third kappa shape index (κ3) is 3.69. The molecule has 2 rings (SSSR count). The summed E-state index contributed by atoms with van der Waals surface area (Å²) in [6.07, 6.45) is 1.91. The first-order chi connectivity index (χ1) is 9.16. The zero-order chi connectivity index (χ0) is 13.7. The number of rotatable bonds is 5. The molecule has 0 spiro atoms. The number of amides is 1. The van der Waals surface area contributed by atoms with E-state index in [4.69, 9.17) is 5.73 Å². The lowest BCUT2D eigenvalue weighted by Crippen LogP contribution is -2.36. The SMILES string of the molecule is CC(N)CNC(=O)c1cccn1Cc1ccccc1. The Balaban J connectivity index is 2.07. The molecule has 4 nitrogen and oxygen atoms in total. The Morgan fingerprint density at radius 2 is 2.00 bits per heavy atom. The van der Waals surface area contributed by atoms with E-state index in [1.165, 1.54) is 5.56 Å². The molecule has 1 unspecified atom stereocenters. The molecule has 0 saturated carbocycles. The number of hydrogen-bond acceptors (Lipinski definition) is 2. The minimum Gasteiger partial charge on any atom is -0.349 e. The highest BCUT2D eigenvalue weighted by Crippen LogP contribution is 2.07. The number of hydrogen-bond donors (Lipinski definition) is 2. The number of nitrogens with two attached hydrogens (primary N) is 1. The van der Waals surface area contributed by atoms with Crippen molar-refractivity contribution in [1.29, 1.82) is 0 Å². The molecule has 2 aromatic rings. The van der Waals surface area contributed by atoms with Gasteiger partial charge in [0.2, 0.25) is 0 Å². The lowest BCUT2D eigenvalue weighted by Gasteiger charge is -2.11. The molecule has 1 aromatic heterocycles. The van der Waals surface area contributed by atoms with Crippen LogP contribution in [0.15, 0.2) is 48.7 Å². The van der Waals surface area contributed by atoms with Crippen LogP contribution in [0.25, 0.3) is 0 Å². The van der Waals surface area contributed by atoms with Crippen LogP contribution in [0.5, 0.6) is 0 Å². The molecule has 19 heavy (non-hydrogen) atoms. The van der Waals surface area contributed by atoms with Gasteiger partial charge < -0.3 is 15.6 Å². The predicted molar refractivity (Wildman–Crippen MR) is 76.0 cm³/mol. The molecule has 0 aliphatic carbocycles. The van der Waals surface area contributed by atoms with Crippen molar-refractivity contribution in [3.05, 3.63) is 59.9 Å². The second-order valence-corrected chi connectivity index (χ2v) is 4.69. The molecule has 1 atom stereocenters. The Morgan fingerprint density at radius 1 is 1.26 bits per heavy atom. The van der Waals surface area contributed by atoms with Crippen molar-refractivity contribution in [3.63, 3.8) is 0 Å². The second-order valence-electron chi connectivity index (χ2n) is 4.69. The fourth-order valence-electron chi connectivity index (χ4n) is 1.88. The largest absolute Gasteiger partial charge is 0.349 e. The molecule has 0 bridgehead atoms. The first-order valence-electron chi connectivity index (χ1n) is 6.39. The van der Waals surface area contributed by atoms with E-state index in [2.05, 4.69) is 5.32 Å². The molecular formula is C15H19N3O. The summed E-state index contributed by atoms with van der Waals surface area (Å²) in [5.41, 5.74) is 7.46. The maximum absolute atomic E-state index is 12.0. The number of benzene rings is 1. The third-order valence-corrected chi connectivity index (χ3v) is 2.84. The first kappa shape index (κ1) is 13.4. The van der Waals surface area contributed by atoms with E-state index in [9.17, 15) is 4.79 Å². The summed E-state index contributed by atoms with van der Waals surface area (Å²) in [5.74, 6) is -0.0850. The fourth-order valence-corrected chi connectivity index (χ4v) is 1.88. The summed E-state index contributed by atoms with van der Waals surface area (Å²) < 4.78 is 1.94. The molecule has 3 N–H and O–H groups in total. The van der Waals surface area contributed by atoms with E-state index < -0.39 is 0 Å². The van der Waals surface area contributed by atoms with E-state index >= 15 is 0 Å². The molecule has 1 heterocycles. The van der Waals surface area contributed by atoms with Gasteiger partial charge in [0.1, 0.15) is 5.69 Å². The lowest BCUT2D eigenvalue weighted by molar-refractivity contribution is 0.0943. The third-order valence-electron chi connectivity index (χ3n) is 2.84. The van der Waals surface area contributed by atoms with E-state index in [1.807, 2.05) is 60.2 Å². The molecule has 0 fully saturated rings. The van der Waals surface area contributed by atoms with Crippen LogP contribution in [0.4, 0.5) is 0 Å². The Bertz CT molecular complexity index is 531. The van der Waals surface area contributed by atoms with Crippen molar-refractivity contribution in [2.24, 2.45) is 5.73 Å². The van der Waals surface area contributed by atoms with Crippen molar-refractivity contribution < 1.29 is 4.79 Å². The summed E-state index contributed by atoms with van der Waals surface area (Å²) in [4.78, 5) is 12.0. The van der Waals surface area contributed by atoms with Gasteiger partial charge in [-0.15, -0.1) is 0 Å². The average Bonchev–Trinajstić information content (AvgIpc) is 2.85. The Kier molecular flexibility index (Phi) is 4.36. The van der Waals surface area contributed by atoms with Crippen LogP contribution in [-0.4, -0.2) is 23.1 Å². The van der Waals surface area contributed by atoms with Gasteiger partial charge in [0.05, 0.1) is 0 Å². The van der Waals surface area contributed by atoms with Gasteiger partial charge in [-0.25, -0.2) is 0 Å². The van der Waals surface area contributed by atoms with Gasteiger partial charge in [-0.2, -0.15) is 0 Å². The standard InChI is InChI=1S/C15H19N3O/c1-12(16)10-17-15(19)14-8-5-9-18(14)11-13-6-3-2-4-7-13/h2-9,12H,10-11,16H2,1H3,(H,17,19). The van der Waals surface area contributed by atoms with Crippen LogP contribution >= 0.6 is 0 Å². The summed E-state index contributed by atoms with van der Waals surface area (Å²) in [6, 6.07) is 13.7. The van der Waals surface area contributed by atoms with Gasteiger partial charge in [-0.3, -0.25) is 4.79 Å². The Labute approximate surface area is 113 Å². The zero-order valence-corrected chi connectivity index (χ0v) is 11.0. The highest BCUT2D eigenvalue weighted by Gasteiger charge is 2.10. The topological polar surface area (TPSA) is 60.0 Å². The van der Waals surface area contributed by atoms with Gasteiger partial charge in [-0.05, 0) is 24.6 Å². The molecule has 0 radical (unpaired) electrons. The minimum absolute atomic E-state index is 0.0403. The predicted octanol–water partition coefficient (Wildman–Crippen LogP) is 1.61. The number of carbonyl (C=O) groups excluding carboxylic acids is 1. The van der Waals surface area contributed by atoms with Gasteiger partial charge in [0.25, 0.3) is 5.91 Å². The van der Waals surface area contributed by atoms with E-state index in [1.54, 1.807) is 0 Å². The van der Waals surface area contributed by atoms with Crippen molar-refractivity contribution >= 4 is 5.91 Å². The summed E-state index contributed by atoms with van der Waals surface area (Å²) >= 11 is 0. The van der Waals surface area contributed by atoms with Gasteiger partial charge >= 0.3 is 0 Å². The van der Waals surface area contributed by atoms with Crippen LogP contribution in [0, 0.1) is 0 Å². The monoisotopic (exact) mass is 257 g/mol. The van der Waals surface area contributed by atoms with Gasteiger partial charge in [0, 0.05) is 25.3 Å². The minimum atomic E-state index is -0.0850. The second kappa shape index (κ2) is 6.20. The average molecular weight is 257 g/mol. The summed E-state index contributed by atoms with van der Waals surface area (Å²) in [7, 11) is 0. The van der Waals surface area contributed by atoms with E-state index in [0.717, 1.165) is 0 Å². The van der Waals surface area contributed by atoms with E-state index in [-0.39, 0.29) is 11.9 Å². The Morgan fingerprint density at radius 3 is 2.68 bits per heavy atom. The van der Waals surface area contributed by atoms with Crippen molar-refractivity contribution in [2.45, 2.75) is 19.5 Å². The molecule has 4 heteroatoms. The number of nitrogens with one attached hydrogen (secondary N) is 1. The van der Waals surface area contributed by atoms with Crippen LogP contribution in [-0.2, 0) is 6.54 Å². The molecule has 0 aliphatic rings. The Hall–Kier alpha value is -2.07. The van der Waals surface area contributed by atoms with Crippen molar-refractivity contribution in [1.82, 2.24) is 9.88 Å². The molecule has 1 aromatic carbocycles. The van der Waals surface area contributed by atoms with E-state index in [0.29, 0.717) is 18.8 Å². The molecule has 100 valence electrons. The van der Waals surface area contributed by atoms with Crippen LogP contribution < -0.4 is 11.1 Å². The van der Waals surface area contributed by atoms with Crippen LogP contribution in [0.1, 0.15) is 23.0 Å². The maximum Gasteiger partial charge on any atom is 0.267 e. The molecule has 1 amide bonds. The fraction of sp³-hybridized carbons (Fsp3) is 0.267. The van der Waals surface area contributed by atoms with Gasteiger partial charge in [-0.1, -0.05) is 30.3 Å². The number of aromatic nitrogens is 1. The zero-order valence-electron chi connectivity index (χ0n) is 11.0. The lowest BCUT2D eigenvalue weighted by atomic mass is 10.2. The van der Waals surface area contributed by atoms with Crippen LogP contribution in [0.3, 0.4) is 0 Å². The molecule has 0 saturated heterocycles. The summed E-state index contributed by atoms with van der Waals surface area (Å²) in [5, 5.41) is 2.83.